The van der Waals surface area contributed by atoms with Gasteiger partial charge in [0.25, 0.3) is 7.82 Å². The molecular formula is H3CsFO4P. The van der Waals surface area contributed by atoms with Gasteiger partial charge < -0.3 is 14.7 Å². The number of halogens is 1. The molecule has 0 spiro atoms. The fourth-order valence-corrected chi connectivity index (χ4v) is 0. The van der Waals surface area contributed by atoms with Crippen LogP contribution in [0.15, 0.2) is 0 Å². The molecule has 0 amide bonds. The molecule has 0 rings (SSSR count). The summed E-state index contributed by atoms with van der Waals surface area (Å²) < 4.78 is 8.77. The minimum atomic E-state index is -4.89. The summed E-state index contributed by atoms with van der Waals surface area (Å²) in [6.45, 7) is 0. The van der Waals surface area contributed by atoms with Crippen LogP contribution in [0, 0.1) is 0 Å². The molecule has 4 nitrogen and oxygen atoms in total. The van der Waals surface area contributed by atoms with Crippen molar-refractivity contribution >= 4 is 7.82 Å². The van der Waals surface area contributed by atoms with Gasteiger partial charge in [-0.05, 0) is 0 Å². The Morgan fingerprint density at radius 2 is 1.43 bits per heavy atom. The van der Waals surface area contributed by atoms with Gasteiger partial charge in [0.2, 0.25) is 0 Å². The molecule has 0 fully saturated rings. The molecule has 0 aliphatic rings. The fourth-order valence-electron chi connectivity index (χ4n) is 0. The minimum Gasteiger partial charge on any atom is -0.756 e. The largest absolute Gasteiger partial charge is 1.00 e. The SMILES string of the molecule is F.O=P([O-])(O)O.[Cs+]. The molecule has 0 aromatic rings. The third-order valence-corrected chi connectivity index (χ3v) is 0. The Balaban J connectivity index is -0.0000000800. The molecule has 7 heteroatoms. The number of rotatable bonds is 0. The molecule has 0 aliphatic carbocycles. The van der Waals surface area contributed by atoms with Crippen LogP contribution in [0.1, 0.15) is 0 Å². The monoisotopic (exact) mass is 250 g/mol. The molecule has 0 aliphatic heterocycles. The summed E-state index contributed by atoms with van der Waals surface area (Å²) in [5, 5.41) is 0. The number of hydrogen-bond donors (Lipinski definition) is 2. The molecule has 0 heterocycles. The Kier molecular flexibility index (Phi) is 14.2. The molecule has 0 radical (unpaired) electrons. The van der Waals surface area contributed by atoms with Crippen LogP contribution in [0.4, 0.5) is 4.70 Å². The molecule has 40 valence electrons. The van der Waals surface area contributed by atoms with Crippen molar-refractivity contribution in [3.05, 3.63) is 0 Å². The average molecular weight is 250 g/mol. The minimum absolute atomic E-state index is 0. The zero-order valence-corrected chi connectivity index (χ0v) is 10.7. The van der Waals surface area contributed by atoms with Crippen LogP contribution in [0.3, 0.4) is 0 Å². The van der Waals surface area contributed by atoms with Gasteiger partial charge in [-0.25, -0.2) is 0 Å². The second-order valence-corrected chi connectivity index (χ2v) is 1.47. The number of hydrogen-bond acceptors (Lipinski definition) is 2. The number of phosphoric acid groups is 1. The van der Waals surface area contributed by atoms with E-state index in [9.17, 15) is 0 Å². The van der Waals surface area contributed by atoms with Gasteiger partial charge in [-0.1, -0.05) is 0 Å². The van der Waals surface area contributed by atoms with Crippen molar-refractivity contribution in [1.29, 1.82) is 0 Å². The molecule has 0 saturated carbocycles. The van der Waals surface area contributed by atoms with Crippen molar-refractivity contribution in [2.75, 3.05) is 0 Å². The first-order valence-corrected chi connectivity index (χ1v) is 2.30. The molecule has 2 N–H and O–H groups in total. The molecule has 0 aromatic carbocycles. The molecular weight excluding hydrogens is 247 g/mol. The summed E-state index contributed by atoms with van der Waals surface area (Å²) in [6, 6.07) is 0. The van der Waals surface area contributed by atoms with Crippen molar-refractivity contribution in [2.45, 2.75) is 0 Å². The van der Waals surface area contributed by atoms with Gasteiger partial charge in [-0.2, -0.15) is 0 Å². The van der Waals surface area contributed by atoms with E-state index in [1.165, 1.54) is 0 Å². The van der Waals surface area contributed by atoms with E-state index in [0.29, 0.717) is 0 Å². The molecule has 0 aromatic heterocycles. The summed E-state index contributed by atoms with van der Waals surface area (Å²) in [7, 11) is -4.89. The van der Waals surface area contributed by atoms with Crippen LogP contribution < -0.4 is 73.8 Å². The van der Waals surface area contributed by atoms with Crippen molar-refractivity contribution in [1.82, 2.24) is 0 Å². The zero-order chi connectivity index (χ0) is 4.50. The van der Waals surface area contributed by atoms with Crippen LogP contribution in [0.25, 0.3) is 0 Å². The van der Waals surface area contributed by atoms with Gasteiger partial charge in [-0.15, -0.1) is 0 Å². The van der Waals surface area contributed by atoms with Crippen LogP contribution in [0.5, 0.6) is 0 Å². The maximum Gasteiger partial charge on any atom is 1.00 e. The predicted molar refractivity (Wildman–Crippen MR) is 14.5 cm³/mol. The van der Waals surface area contributed by atoms with E-state index < -0.39 is 7.82 Å². The summed E-state index contributed by atoms with van der Waals surface area (Å²) in [6.07, 6.45) is 0. The first-order valence-electron chi connectivity index (χ1n) is 0.765. The van der Waals surface area contributed by atoms with Gasteiger partial charge in [0, 0.05) is 0 Å². The topological polar surface area (TPSA) is 80.6 Å². The quantitative estimate of drug-likeness (QED) is 0.425. The summed E-state index contributed by atoms with van der Waals surface area (Å²) >= 11 is 0. The molecule has 7 heavy (non-hydrogen) atoms. The van der Waals surface area contributed by atoms with Gasteiger partial charge in [-0.3, -0.25) is 9.27 Å². The van der Waals surface area contributed by atoms with E-state index in [0.717, 1.165) is 0 Å². The molecule has 0 saturated heterocycles. The molecule has 0 atom stereocenters. The Morgan fingerprint density at radius 1 is 1.43 bits per heavy atom. The van der Waals surface area contributed by atoms with E-state index in [2.05, 4.69) is 0 Å². The van der Waals surface area contributed by atoms with E-state index in [4.69, 9.17) is 19.2 Å². The van der Waals surface area contributed by atoms with Crippen LogP contribution in [0.2, 0.25) is 0 Å². The van der Waals surface area contributed by atoms with Gasteiger partial charge in [0.15, 0.2) is 0 Å². The second-order valence-electron chi connectivity index (χ2n) is 0.491. The average Bonchev–Trinajstić information content (AvgIpc) is 0.722. The van der Waals surface area contributed by atoms with E-state index >= 15 is 0 Å². The first-order chi connectivity index (χ1) is 2.00. The Bertz CT molecular complexity index is 57.8. The van der Waals surface area contributed by atoms with Crippen LogP contribution in [-0.4, -0.2) is 9.79 Å². The Labute approximate surface area is 98.3 Å². The predicted octanol–water partition coefficient (Wildman–Crippen LogP) is -4.40. The van der Waals surface area contributed by atoms with E-state index in [1.807, 2.05) is 0 Å². The summed E-state index contributed by atoms with van der Waals surface area (Å²) in [5.74, 6) is 0. The van der Waals surface area contributed by atoms with E-state index in [1.54, 1.807) is 0 Å². The summed E-state index contributed by atoms with van der Waals surface area (Å²) in [5.41, 5.74) is 0. The van der Waals surface area contributed by atoms with Gasteiger partial charge in [0.1, 0.15) is 0 Å². The smallest absolute Gasteiger partial charge is 0.756 e. The third-order valence-electron chi connectivity index (χ3n) is 0. The van der Waals surface area contributed by atoms with Crippen LogP contribution in [-0.2, 0) is 4.57 Å². The van der Waals surface area contributed by atoms with Gasteiger partial charge >= 0.3 is 68.9 Å². The van der Waals surface area contributed by atoms with Gasteiger partial charge in [0.05, 0.1) is 0 Å². The third kappa shape index (κ3) is 68.6. The molecule has 0 unspecified atom stereocenters. The van der Waals surface area contributed by atoms with Crippen molar-refractivity contribution in [2.24, 2.45) is 0 Å². The van der Waals surface area contributed by atoms with Crippen molar-refractivity contribution in [3.8, 4) is 0 Å². The zero-order valence-electron chi connectivity index (χ0n) is 3.57. The Morgan fingerprint density at radius 3 is 1.43 bits per heavy atom. The standard InChI is InChI=1S/Cs.FH.H3O4P/c;;1-5(2,3)4/h;1H;(H3,1,2,3,4)/q+1;;/p-1. The normalized spacial score (nSPS) is 8.43. The van der Waals surface area contributed by atoms with E-state index in [-0.39, 0.29) is 73.6 Å². The maximum absolute atomic E-state index is 8.77. The second kappa shape index (κ2) is 6.22. The van der Waals surface area contributed by atoms with Crippen molar-refractivity contribution in [3.63, 3.8) is 0 Å². The van der Waals surface area contributed by atoms with Crippen LogP contribution >= 0.6 is 7.82 Å². The Hall–Kier alpha value is 2.09. The van der Waals surface area contributed by atoms with Crippen molar-refractivity contribution < 1.29 is 92.8 Å². The fraction of sp³-hybridized carbons (Fsp3) is 0. The maximum atomic E-state index is 8.77. The molecule has 0 bridgehead atoms. The first kappa shape index (κ1) is 16.0. The summed E-state index contributed by atoms with van der Waals surface area (Å²) in [4.78, 5) is 22.9.